The predicted molar refractivity (Wildman–Crippen MR) is 59.4 cm³/mol. The van der Waals surface area contributed by atoms with E-state index in [1.54, 1.807) is 0 Å². The van der Waals surface area contributed by atoms with Crippen LogP contribution in [0.5, 0.6) is 0 Å². The van der Waals surface area contributed by atoms with Gasteiger partial charge in [-0.25, -0.2) is 9.97 Å². The first-order valence-electron chi connectivity index (χ1n) is 5.23. The number of imide groups is 1. The largest absolute Gasteiger partial charge is 0.352 e. The summed E-state index contributed by atoms with van der Waals surface area (Å²) in [5.41, 5.74) is 0. The third-order valence-electron chi connectivity index (χ3n) is 3.18. The number of carbonyl (C=O) groups is 2. The molecule has 0 radical (unpaired) electrons. The Labute approximate surface area is 102 Å². The van der Waals surface area contributed by atoms with Crippen LogP contribution in [0.4, 0.5) is 5.82 Å². The number of aromatic nitrogens is 2. The highest BCUT2D eigenvalue weighted by molar-refractivity contribution is 6.31. The highest BCUT2D eigenvalue weighted by Crippen LogP contribution is 2.33. The van der Waals surface area contributed by atoms with Crippen molar-refractivity contribution in [2.45, 2.75) is 0 Å². The van der Waals surface area contributed by atoms with Crippen molar-refractivity contribution in [3.63, 3.8) is 0 Å². The summed E-state index contributed by atoms with van der Waals surface area (Å²) >= 11 is 5.93. The molecule has 2 aliphatic heterocycles. The number of carbonyl (C=O) groups excluding carboxylic acids is 2. The molecule has 7 heteroatoms. The van der Waals surface area contributed by atoms with Gasteiger partial charge in [-0.2, -0.15) is 0 Å². The summed E-state index contributed by atoms with van der Waals surface area (Å²) in [6.07, 6.45) is 3.04. The molecule has 2 amide bonds. The normalized spacial score (nSPS) is 27.2. The molecule has 6 nitrogen and oxygen atoms in total. The van der Waals surface area contributed by atoms with Crippen LogP contribution in [0.3, 0.4) is 0 Å². The van der Waals surface area contributed by atoms with Crippen LogP contribution in [-0.2, 0) is 9.59 Å². The first-order valence-corrected chi connectivity index (χ1v) is 5.61. The third-order valence-corrected chi connectivity index (χ3v) is 3.44. The molecule has 1 aromatic heterocycles. The molecule has 0 unspecified atom stereocenters. The lowest BCUT2D eigenvalue weighted by atomic mass is 10.00. The highest BCUT2D eigenvalue weighted by atomic mass is 35.5. The summed E-state index contributed by atoms with van der Waals surface area (Å²) in [6, 6.07) is 0. The van der Waals surface area contributed by atoms with Crippen LogP contribution in [0.2, 0.25) is 5.15 Å². The van der Waals surface area contributed by atoms with E-state index in [-0.39, 0.29) is 23.7 Å². The van der Waals surface area contributed by atoms with E-state index < -0.39 is 0 Å². The molecular weight excluding hydrogens is 244 g/mol. The minimum absolute atomic E-state index is 0.206. The van der Waals surface area contributed by atoms with Gasteiger partial charge in [0.1, 0.15) is 0 Å². The fraction of sp³-hybridized carbons (Fsp3) is 0.400. The van der Waals surface area contributed by atoms with Gasteiger partial charge in [0.25, 0.3) is 0 Å². The van der Waals surface area contributed by atoms with Crippen LogP contribution >= 0.6 is 11.6 Å². The maximum Gasteiger partial charge on any atom is 0.232 e. The minimum atomic E-state index is -0.291. The van der Waals surface area contributed by atoms with Gasteiger partial charge in [-0.1, -0.05) is 11.6 Å². The fourth-order valence-electron chi connectivity index (χ4n) is 2.34. The maximum atomic E-state index is 11.5. The monoisotopic (exact) mass is 252 g/mol. The summed E-state index contributed by atoms with van der Waals surface area (Å²) in [6.45, 7) is 0.918. The molecule has 2 fully saturated rings. The lowest BCUT2D eigenvalue weighted by Crippen LogP contribution is -2.31. The van der Waals surface area contributed by atoms with E-state index in [9.17, 15) is 9.59 Å². The molecular formula is C10H9ClN4O2. The molecule has 3 heterocycles. The Kier molecular flexibility index (Phi) is 2.25. The van der Waals surface area contributed by atoms with Crippen LogP contribution in [0.1, 0.15) is 0 Å². The van der Waals surface area contributed by atoms with Crippen molar-refractivity contribution in [2.75, 3.05) is 18.0 Å². The van der Waals surface area contributed by atoms with Gasteiger partial charge in [0.15, 0.2) is 11.0 Å². The summed E-state index contributed by atoms with van der Waals surface area (Å²) in [5, 5.41) is 2.62. The number of halogens is 1. The van der Waals surface area contributed by atoms with E-state index in [0.29, 0.717) is 24.1 Å². The Balaban J connectivity index is 1.88. The standard InChI is InChI=1S/C10H9ClN4O2/c11-7-8(13-2-1-12-7)15-3-5-6(4-15)10(17)14-9(5)16/h1-2,5-6H,3-4H2,(H,14,16,17)/t5-,6+. The maximum absolute atomic E-state index is 11.5. The topological polar surface area (TPSA) is 75.2 Å². The second-order valence-electron chi connectivity index (χ2n) is 4.14. The van der Waals surface area contributed by atoms with E-state index in [1.807, 2.05) is 4.90 Å². The molecule has 2 atom stereocenters. The first kappa shape index (κ1) is 10.5. The SMILES string of the molecule is O=C1NC(=O)[C@@H]2CN(c3nccnc3Cl)C[C@H]12. The Morgan fingerprint density at radius 1 is 1.18 bits per heavy atom. The molecule has 1 N–H and O–H groups in total. The molecule has 17 heavy (non-hydrogen) atoms. The number of fused-ring (bicyclic) bond motifs is 1. The van der Waals surface area contributed by atoms with Crippen LogP contribution in [-0.4, -0.2) is 34.9 Å². The second kappa shape index (κ2) is 3.66. The molecule has 2 aliphatic rings. The number of hydrogen-bond donors (Lipinski definition) is 1. The van der Waals surface area contributed by atoms with Crippen molar-refractivity contribution >= 4 is 29.2 Å². The highest BCUT2D eigenvalue weighted by Gasteiger charge is 2.48. The molecule has 0 aliphatic carbocycles. The number of amides is 2. The molecule has 0 spiro atoms. The number of nitrogens with one attached hydrogen (secondary N) is 1. The number of rotatable bonds is 1. The Bertz CT molecular complexity index is 485. The van der Waals surface area contributed by atoms with Gasteiger partial charge in [0, 0.05) is 25.5 Å². The average molecular weight is 253 g/mol. The molecule has 1 aromatic rings. The minimum Gasteiger partial charge on any atom is -0.352 e. The number of hydrogen-bond acceptors (Lipinski definition) is 5. The molecule has 2 saturated heterocycles. The van der Waals surface area contributed by atoms with Gasteiger partial charge in [-0.3, -0.25) is 14.9 Å². The van der Waals surface area contributed by atoms with E-state index in [4.69, 9.17) is 11.6 Å². The van der Waals surface area contributed by atoms with E-state index >= 15 is 0 Å². The van der Waals surface area contributed by atoms with Crippen molar-refractivity contribution in [1.29, 1.82) is 0 Å². The first-order chi connectivity index (χ1) is 8.16. The number of nitrogens with zero attached hydrogens (tertiary/aromatic N) is 3. The van der Waals surface area contributed by atoms with Crippen LogP contribution in [0, 0.1) is 11.8 Å². The quantitative estimate of drug-likeness (QED) is 0.703. The summed E-state index contributed by atoms with van der Waals surface area (Å²) in [4.78, 5) is 32.9. The Hall–Kier alpha value is -1.69. The molecule has 3 rings (SSSR count). The lowest BCUT2D eigenvalue weighted by Gasteiger charge is -2.18. The molecule has 0 bridgehead atoms. The smallest absolute Gasteiger partial charge is 0.232 e. The number of anilines is 1. The zero-order valence-electron chi connectivity index (χ0n) is 8.76. The Morgan fingerprint density at radius 3 is 2.35 bits per heavy atom. The van der Waals surface area contributed by atoms with Crippen molar-refractivity contribution in [3.05, 3.63) is 17.5 Å². The van der Waals surface area contributed by atoms with Crippen LogP contribution in [0.25, 0.3) is 0 Å². The summed E-state index contributed by atoms with van der Waals surface area (Å²) in [7, 11) is 0. The van der Waals surface area contributed by atoms with Gasteiger partial charge in [0.05, 0.1) is 11.8 Å². The summed E-state index contributed by atoms with van der Waals surface area (Å²) < 4.78 is 0. The third kappa shape index (κ3) is 1.56. The van der Waals surface area contributed by atoms with Crippen LogP contribution < -0.4 is 10.2 Å². The van der Waals surface area contributed by atoms with Gasteiger partial charge < -0.3 is 4.90 Å². The van der Waals surface area contributed by atoms with Crippen molar-refractivity contribution in [3.8, 4) is 0 Å². The zero-order valence-corrected chi connectivity index (χ0v) is 9.52. The lowest BCUT2D eigenvalue weighted by molar-refractivity contribution is -0.126. The van der Waals surface area contributed by atoms with Gasteiger partial charge in [0.2, 0.25) is 11.8 Å². The summed E-state index contributed by atoms with van der Waals surface area (Å²) in [5.74, 6) is -0.463. The van der Waals surface area contributed by atoms with Gasteiger partial charge >= 0.3 is 0 Å². The van der Waals surface area contributed by atoms with E-state index in [1.165, 1.54) is 12.4 Å². The van der Waals surface area contributed by atoms with Gasteiger partial charge in [-0.05, 0) is 0 Å². The fourth-order valence-corrected chi connectivity index (χ4v) is 2.57. The van der Waals surface area contributed by atoms with E-state index in [2.05, 4.69) is 15.3 Å². The Morgan fingerprint density at radius 2 is 1.76 bits per heavy atom. The van der Waals surface area contributed by atoms with Gasteiger partial charge in [-0.15, -0.1) is 0 Å². The van der Waals surface area contributed by atoms with Crippen LogP contribution in [0.15, 0.2) is 12.4 Å². The van der Waals surface area contributed by atoms with E-state index in [0.717, 1.165) is 0 Å². The predicted octanol–water partition coefficient (Wildman–Crippen LogP) is -0.161. The molecule has 88 valence electrons. The average Bonchev–Trinajstić information content (AvgIpc) is 2.83. The van der Waals surface area contributed by atoms with Crippen molar-refractivity contribution in [2.24, 2.45) is 11.8 Å². The molecule has 0 aromatic carbocycles. The second-order valence-corrected chi connectivity index (χ2v) is 4.50. The van der Waals surface area contributed by atoms with Crippen molar-refractivity contribution < 1.29 is 9.59 Å². The zero-order chi connectivity index (χ0) is 12.0. The van der Waals surface area contributed by atoms with Crippen molar-refractivity contribution in [1.82, 2.24) is 15.3 Å². The molecule has 0 saturated carbocycles.